The lowest BCUT2D eigenvalue weighted by Crippen LogP contribution is -2.38. The van der Waals surface area contributed by atoms with Gasteiger partial charge in [0.2, 0.25) is 0 Å². The Hall–Kier alpha value is -2.97. The first-order valence-corrected chi connectivity index (χ1v) is 23.7. The Morgan fingerprint density at radius 1 is 0.275 bits per heavy atom. The van der Waals surface area contributed by atoms with Crippen LogP contribution in [-0.4, -0.2) is 236 Å². The van der Waals surface area contributed by atoms with E-state index in [0.717, 1.165) is 6.42 Å². The summed E-state index contributed by atoms with van der Waals surface area (Å²) < 4.78 is 99.3. The Bertz CT molecular complexity index is 1120. The fourth-order valence-corrected chi connectivity index (χ4v) is 4.89. The van der Waals surface area contributed by atoms with Crippen LogP contribution < -0.4 is 0 Å². The van der Waals surface area contributed by atoms with Gasteiger partial charge in [0, 0.05) is 22.1 Å². The van der Waals surface area contributed by atoms with Crippen molar-refractivity contribution in [2.75, 3.05) is 218 Å². The van der Waals surface area contributed by atoms with Gasteiger partial charge < -0.3 is 85.3 Å². The summed E-state index contributed by atoms with van der Waals surface area (Å²) in [7, 11) is 0. The first-order chi connectivity index (χ1) is 33.5. The monoisotopic (exact) mass is 999 g/mol. The molecule has 0 aliphatic carbocycles. The molecule has 0 N–H and O–H groups in total. The third kappa shape index (κ3) is 45.9. The Labute approximate surface area is 410 Å². The maximum absolute atomic E-state index is 11.3. The number of carbonyl (C=O) groups excluding carboxylic acids is 3. The molecule has 21 nitrogen and oxygen atoms in total. The lowest BCUT2D eigenvalue weighted by atomic mass is 9.88. The van der Waals surface area contributed by atoms with E-state index < -0.39 is 23.3 Å². The molecule has 0 bridgehead atoms. The van der Waals surface area contributed by atoms with Crippen molar-refractivity contribution < 1.29 is 99.6 Å². The second-order valence-electron chi connectivity index (χ2n) is 15.1. The molecule has 0 aliphatic rings. The highest BCUT2D eigenvalue weighted by atomic mass is 16.6. The molecule has 21 heteroatoms. The number of ether oxygens (including phenoxy) is 18. The fraction of sp³-hybridized carbons (Fsp3) is 0.812. The van der Waals surface area contributed by atoms with E-state index in [2.05, 4.69) is 26.7 Å². The molecule has 0 aliphatic heterocycles. The standard InChI is InChI=1S/C48H86O21/c1-8-48(39-64-30-27-58-18-15-52-9-12-55-21-24-61-33-36-67-45(49)42(2)3,40-65-31-28-59-19-16-53-10-13-56-22-25-62-34-37-68-46(50)43(4)5)41-66-32-29-60-20-17-54-11-14-57-23-26-63-35-38-69-47(51)44(6)7/h2,4,6,8-41H2,1,3,5,7H3. The van der Waals surface area contributed by atoms with Crippen LogP contribution >= 0.6 is 0 Å². The van der Waals surface area contributed by atoms with E-state index in [1.807, 2.05) is 0 Å². The quantitative estimate of drug-likeness (QED) is 0.0370. The minimum Gasteiger partial charge on any atom is -0.460 e. The van der Waals surface area contributed by atoms with E-state index in [9.17, 15) is 14.4 Å². The van der Waals surface area contributed by atoms with Crippen LogP contribution in [0.3, 0.4) is 0 Å². The Morgan fingerprint density at radius 2 is 0.420 bits per heavy atom. The zero-order valence-electron chi connectivity index (χ0n) is 42.2. The van der Waals surface area contributed by atoms with Crippen molar-refractivity contribution in [1.29, 1.82) is 0 Å². The minimum atomic E-state index is -0.432. The normalized spacial score (nSPS) is 11.5. The van der Waals surface area contributed by atoms with Gasteiger partial charge in [0.25, 0.3) is 0 Å². The summed E-state index contributed by atoms with van der Waals surface area (Å²) in [5.74, 6) is -1.30. The van der Waals surface area contributed by atoms with E-state index >= 15 is 0 Å². The summed E-state index contributed by atoms with van der Waals surface area (Å²) in [5, 5.41) is 0. The molecular weight excluding hydrogens is 913 g/mol. The van der Waals surface area contributed by atoms with Gasteiger partial charge in [-0.25, -0.2) is 14.4 Å². The fourth-order valence-electron chi connectivity index (χ4n) is 4.89. The van der Waals surface area contributed by atoms with E-state index in [1.165, 1.54) is 0 Å². The molecule has 0 radical (unpaired) electrons. The van der Waals surface area contributed by atoms with Crippen molar-refractivity contribution >= 4 is 17.9 Å². The molecule has 0 rings (SSSR count). The first-order valence-electron chi connectivity index (χ1n) is 23.7. The summed E-state index contributed by atoms with van der Waals surface area (Å²) in [4.78, 5) is 34.0. The summed E-state index contributed by atoms with van der Waals surface area (Å²) in [6.07, 6.45) is 0.752. The average Bonchev–Trinajstić information content (AvgIpc) is 3.33. The molecule has 0 aromatic carbocycles. The SMILES string of the molecule is C=C(C)C(=O)OCCOCCOCCOCCOCCOCC(CC)(COCCOCCOCCOCCOCCOC(=O)C(=C)C)COCCOCCOCCOCCOCCOC(=O)C(=C)C. The third-order valence-electron chi connectivity index (χ3n) is 8.87. The third-order valence-corrected chi connectivity index (χ3v) is 8.87. The van der Waals surface area contributed by atoms with Crippen LogP contribution in [0.5, 0.6) is 0 Å². The van der Waals surface area contributed by atoms with Crippen molar-refractivity contribution in [1.82, 2.24) is 0 Å². The topological polar surface area (TPSA) is 217 Å². The molecule has 0 aromatic rings. The molecule has 0 saturated carbocycles. The zero-order valence-corrected chi connectivity index (χ0v) is 42.2. The van der Waals surface area contributed by atoms with Gasteiger partial charge in [-0.1, -0.05) is 26.7 Å². The number of rotatable bonds is 55. The van der Waals surface area contributed by atoms with E-state index in [1.54, 1.807) is 20.8 Å². The van der Waals surface area contributed by atoms with E-state index in [4.69, 9.17) is 85.3 Å². The van der Waals surface area contributed by atoms with Gasteiger partial charge in [-0.3, -0.25) is 0 Å². The van der Waals surface area contributed by atoms with Crippen molar-refractivity contribution in [3.8, 4) is 0 Å². The second kappa shape index (κ2) is 50.0. The predicted octanol–water partition coefficient (Wildman–Crippen LogP) is 2.99. The molecular formula is C48H86O21. The van der Waals surface area contributed by atoms with Gasteiger partial charge in [-0.05, 0) is 27.2 Å². The van der Waals surface area contributed by atoms with Crippen LogP contribution in [0.1, 0.15) is 34.1 Å². The van der Waals surface area contributed by atoms with Crippen LogP contribution in [0.25, 0.3) is 0 Å². The highest BCUT2D eigenvalue weighted by molar-refractivity contribution is 5.87. The predicted molar refractivity (Wildman–Crippen MR) is 252 cm³/mol. The molecule has 0 saturated heterocycles. The van der Waals surface area contributed by atoms with Crippen molar-refractivity contribution in [3.63, 3.8) is 0 Å². The van der Waals surface area contributed by atoms with E-state index in [-0.39, 0.29) is 19.8 Å². The summed E-state index contributed by atoms with van der Waals surface area (Å²) in [6, 6.07) is 0. The maximum Gasteiger partial charge on any atom is 0.333 e. The minimum absolute atomic E-state index is 0.171. The molecule has 0 fully saturated rings. The summed E-state index contributed by atoms with van der Waals surface area (Å²) in [5.41, 5.74) is 0.656. The number of esters is 3. The lowest BCUT2D eigenvalue weighted by molar-refractivity contribution is -0.141. The highest BCUT2D eigenvalue weighted by Gasteiger charge is 2.30. The largest absolute Gasteiger partial charge is 0.460 e. The number of carbonyl (C=O) groups is 3. The molecule has 0 atom stereocenters. The lowest BCUT2D eigenvalue weighted by Gasteiger charge is -2.32. The second-order valence-corrected chi connectivity index (χ2v) is 15.1. The van der Waals surface area contributed by atoms with Crippen molar-refractivity contribution in [2.45, 2.75) is 34.1 Å². The van der Waals surface area contributed by atoms with Crippen molar-refractivity contribution in [3.05, 3.63) is 36.5 Å². The average molecular weight is 999 g/mol. The molecule has 0 aromatic heterocycles. The Kier molecular flexibility index (Phi) is 47.8. The van der Waals surface area contributed by atoms with Crippen LogP contribution in [0.4, 0.5) is 0 Å². The van der Waals surface area contributed by atoms with Crippen LogP contribution in [0.15, 0.2) is 36.5 Å². The van der Waals surface area contributed by atoms with Gasteiger partial charge in [0.15, 0.2) is 0 Å². The summed E-state index contributed by atoms with van der Waals surface area (Å²) >= 11 is 0. The molecule has 0 heterocycles. The molecule has 69 heavy (non-hydrogen) atoms. The molecule has 0 unspecified atom stereocenters. The van der Waals surface area contributed by atoms with Crippen LogP contribution in [0.2, 0.25) is 0 Å². The van der Waals surface area contributed by atoms with Crippen LogP contribution in [0, 0.1) is 5.41 Å². The Balaban J connectivity index is 4.27. The molecule has 404 valence electrons. The highest BCUT2D eigenvalue weighted by Crippen LogP contribution is 2.24. The maximum atomic E-state index is 11.3. The van der Waals surface area contributed by atoms with Gasteiger partial charge in [0.05, 0.1) is 198 Å². The van der Waals surface area contributed by atoms with Crippen molar-refractivity contribution in [2.24, 2.45) is 5.41 Å². The Morgan fingerprint density at radius 3 is 0.565 bits per heavy atom. The van der Waals surface area contributed by atoms with Gasteiger partial charge in [-0.15, -0.1) is 0 Å². The number of hydrogen-bond acceptors (Lipinski definition) is 21. The van der Waals surface area contributed by atoms with Gasteiger partial charge in [-0.2, -0.15) is 0 Å². The zero-order chi connectivity index (χ0) is 50.7. The smallest absolute Gasteiger partial charge is 0.333 e. The molecule has 0 spiro atoms. The first kappa shape index (κ1) is 66.0. The summed E-state index contributed by atoms with van der Waals surface area (Å²) in [6.45, 7) is 29.9. The molecule has 0 amide bonds. The van der Waals surface area contributed by atoms with Gasteiger partial charge >= 0.3 is 17.9 Å². The van der Waals surface area contributed by atoms with Crippen LogP contribution in [-0.2, 0) is 99.6 Å². The van der Waals surface area contributed by atoms with E-state index in [0.29, 0.717) is 215 Å². The number of hydrogen-bond donors (Lipinski definition) is 0. The van der Waals surface area contributed by atoms with Gasteiger partial charge in [0.1, 0.15) is 19.8 Å².